The molecule has 0 fully saturated rings. The molecule has 0 aliphatic rings. The van der Waals surface area contributed by atoms with E-state index in [1.807, 2.05) is 5.38 Å². The van der Waals surface area contributed by atoms with E-state index in [9.17, 15) is 13.2 Å². The van der Waals surface area contributed by atoms with Crippen LogP contribution in [0, 0.1) is 0 Å². The number of pyridine rings is 1. The second-order valence-corrected chi connectivity index (χ2v) is 10.3. The van der Waals surface area contributed by atoms with Crippen molar-refractivity contribution < 1.29 is 13.2 Å². The van der Waals surface area contributed by atoms with E-state index in [4.69, 9.17) is 11.6 Å². The number of benzene rings is 1. The van der Waals surface area contributed by atoms with Crippen molar-refractivity contribution in [2.24, 2.45) is 0 Å². The van der Waals surface area contributed by atoms with Gasteiger partial charge in [0, 0.05) is 16.8 Å². The summed E-state index contributed by atoms with van der Waals surface area (Å²) >= 11 is 8.77. The molecule has 0 spiro atoms. The second-order valence-electron chi connectivity index (χ2n) is 5.71. The highest BCUT2D eigenvalue weighted by atomic mass is 35.5. The largest absolute Gasteiger partial charge is 0.347 e. The van der Waals surface area contributed by atoms with Crippen LogP contribution in [0.5, 0.6) is 0 Å². The molecule has 9 heteroatoms. The Kier molecular flexibility index (Phi) is 7.12. The van der Waals surface area contributed by atoms with Gasteiger partial charge in [0.25, 0.3) is 5.91 Å². The van der Waals surface area contributed by atoms with Crippen LogP contribution in [0.15, 0.2) is 70.0 Å². The fourth-order valence-electron chi connectivity index (χ4n) is 2.38. The molecule has 146 valence electrons. The number of thiophene rings is 1. The molecule has 0 atom stereocenters. The number of carbonyl (C=O) groups excluding carboxylic acids is 1. The van der Waals surface area contributed by atoms with Crippen molar-refractivity contribution in [3.8, 4) is 0 Å². The van der Waals surface area contributed by atoms with Crippen LogP contribution in [0.4, 0.5) is 0 Å². The summed E-state index contributed by atoms with van der Waals surface area (Å²) in [5.74, 6) is -0.0129. The van der Waals surface area contributed by atoms with Gasteiger partial charge in [0.05, 0.1) is 27.8 Å². The monoisotopic (exact) mass is 452 g/mol. The molecule has 1 aromatic carbocycles. The maximum Gasteiger partial charge on any atom is 0.254 e. The number of rotatable bonds is 8. The van der Waals surface area contributed by atoms with Gasteiger partial charge < -0.3 is 5.32 Å². The van der Waals surface area contributed by atoms with E-state index in [0.29, 0.717) is 32.8 Å². The molecule has 0 saturated carbocycles. The molecular weight excluding hydrogens is 436 g/mol. The van der Waals surface area contributed by atoms with Gasteiger partial charge in [-0.3, -0.25) is 4.79 Å². The molecule has 1 amide bonds. The van der Waals surface area contributed by atoms with Crippen LogP contribution in [-0.4, -0.2) is 30.8 Å². The third-order valence-electron chi connectivity index (χ3n) is 3.81. The molecule has 0 aliphatic heterocycles. The van der Waals surface area contributed by atoms with E-state index in [0.717, 1.165) is 4.88 Å². The van der Waals surface area contributed by atoms with Crippen LogP contribution in [0.25, 0.3) is 0 Å². The molecular formula is C19H17ClN2O3S3. The maximum absolute atomic E-state index is 12.5. The summed E-state index contributed by atoms with van der Waals surface area (Å²) in [4.78, 5) is 17.9. The predicted molar refractivity (Wildman–Crippen MR) is 114 cm³/mol. The lowest BCUT2D eigenvalue weighted by atomic mass is 10.2. The highest BCUT2D eigenvalue weighted by Gasteiger charge is 2.17. The highest BCUT2D eigenvalue weighted by molar-refractivity contribution is 8.00. The Hall–Kier alpha value is -1.87. The molecule has 0 unspecified atom stereocenters. The van der Waals surface area contributed by atoms with Crippen LogP contribution in [-0.2, 0) is 16.4 Å². The average Bonchev–Trinajstić information content (AvgIpc) is 3.12. The maximum atomic E-state index is 12.5. The number of nitrogens with one attached hydrogen (secondary N) is 1. The van der Waals surface area contributed by atoms with E-state index in [-0.39, 0.29) is 11.7 Å². The summed E-state index contributed by atoms with van der Waals surface area (Å²) in [7, 11) is -3.37. The van der Waals surface area contributed by atoms with E-state index in [1.165, 1.54) is 23.1 Å². The molecule has 28 heavy (non-hydrogen) atoms. The fourth-order valence-corrected chi connectivity index (χ4v) is 6.09. The van der Waals surface area contributed by atoms with E-state index in [2.05, 4.69) is 10.3 Å². The number of hydrogen-bond acceptors (Lipinski definition) is 6. The van der Waals surface area contributed by atoms with Crippen molar-refractivity contribution in [3.63, 3.8) is 0 Å². The lowest BCUT2D eigenvalue weighted by Gasteiger charge is -2.09. The number of carbonyl (C=O) groups is 1. The standard InChI is InChI=1S/C19H17ClN2O3S3/c20-16-8-10-26-17(16)13-22-18(23)15-7-4-9-21-19(15)27-11-12-28(24,25)14-5-2-1-3-6-14/h1-10H,11-13H2,(H,22,23). The van der Waals surface area contributed by atoms with Crippen LogP contribution in [0.2, 0.25) is 5.02 Å². The van der Waals surface area contributed by atoms with Gasteiger partial charge in [-0.25, -0.2) is 13.4 Å². The first-order valence-corrected chi connectivity index (χ1v) is 12.2. The van der Waals surface area contributed by atoms with Gasteiger partial charge in [-0.15, -0.1) is 23.1 Å². The number of nitrogens with zero attached hydrogens (tertiary/aromatic N) is 1. The third-order valence-corrected chi connectivity index (χ3v) is 8.19. The first-order chi connectivity index (χ1) is 13.5. The zero-order valence-corrected chi connectivity index (χ0v) is 17.9. The zero-order chi connectivity index (χ0) is 20.0. The minimum atomic E-state index is -3.37. The quantitative estimate of drug-likeness (QED) is 0.516. The molecule has 0 radical (unpaired) electrons. The Morgan fingerprint density at radius 1 is 1.14 bits per heavy atom. The number of thioether (sulfide) groups is 1. The smallest absolute Gasteiger partial charge is 0.254 e. The van der Waals surface area contributed by atoms with E-state index < -0.39 is 9.84 Å². The van der Waals surface area contributed by atoms with Crippen LogP contribution in [0.1, 0.15) is 15.2 Å². The summed E-state index contributed by atoms with van der Waals surface area (Å²) < 4.78 is 24.8. The Labute approximate surface area is 177 Å². The molecule has 1 N–H and O–H groups in total. The number of halogens is 1. The van der Waals surface area contributed by atoms with Crippen LogP contribution >= 0.6 is 34.7 Å². The zero-order valence-electron chi connectivity index (χ0n) is 14.7. The molecule has 0 bridgehead atoms. The molecule has 2 heterocycles. The molecule has 0 aliphatic carbocycles. The van der Waals surface area contributed by atoms with Gasteiger partial charge in [-0.2, -0.15) is 0 Å². The lowest BCUT2D eigenvalue weighted by molar-refractivity contribution is 0.0947. The van der Waals surface area contributed by atoms with Gasteiger partial charge in [-0.1, -0.05) is 29.8 Å². The average molecular weight is 453 g/mol. The van der Waals surface area contributed by atoms with Crippen LogP contribution < -0.4 is 5.32 Å². The SMILES string of the molecule is O=C(NCc1sccc1Cl)c1cccnc1SCCS(=O)(=O)c1ccccc1. The Bertz CT molecular complexity index is 1050. The van der Waals surface area contributed by atoms with Crippen molar-refractivity contribution >= 4 is 50.4 Å². The topological polar surface area (TPSA) is 76.1 Å². The minimum absolute atomic E-state index is 0.0376. The summed E-state index contributed by atoms with van der Waals surface area (Å²) in [5, 5.41) is 5.82. The molecule has 3 rings (SSSR count). The lowest BCUT2D eigenvalue weighted by Crippen LogP contribution is -2.23. The Morgan fingerprint density at radius 2 is 1.93 bits per heavy atom. The fraction of sp³-hybridized carbons (Fsp3) is 0.158. The van der Waals surface area contributed by atoms with E-state index in [1.54, 1.807) is 54.7 Å². The summed E-state index contributed by atoms with van der Waals surface area (Å²) in [6.45, 7) is 0.330. The number of amides is 1. The third kappa shape index (κ3) is 5.35. The predicted octanol–water partition coefficient (Wildman–Crippen LogP) is 4.29. The molecule has 5 nitrogen and oxygen atoms in total. The Morgan fingerprint density at radius 3 is 2.64 bits per heavy atom. The van der Waals surface area contributed by atoms with Gasteiger partial charge in [0.1, 0.15) is 5.03 Å². The summed E-state index contributed by atoms with van der Waals surface area (Å²) in [6.07, 6.45) is 1.58. The number of sulfone groups is 1. The van der Waals surface area contributed by atoms with Gasteiger partial charge in [0.2, 0.25) is 0 Å². The molecule has 2 aromatic heterocycles. The molecule has 0 saturated heterocycles. The first-order valence-electron chi connectivity index (χ1n) is 8.33. The minimum Gasteiger partial charge on any atom is -0.347 e. The van der Waals surface area contributed by atoms with Gasteiger partial charge >= 0.3 is 0 Å². The van der Waals surface area contributed by atoms with Gasteiger partial charge in [0.15, 0.2) is 9.84 Å². The number of hydrogen-bond donors (Lipinski definition) is 1. The van der Waals surface area contributed by atoms with Crippen molar-refractivity contribution in [1.29, 1.82) is 0 Å². The van der Waals surface area contributed by atoms with Gasteiger partial charge in [-0.05, 0) is 35.7 Å². The second kappa shape index (κ2) is 9.56. The number of aromatic nitrogens is 1. The van der Waals surface area contributed by atoms with Crippen molar-refractivity contribution in [2.45, 2.75) is 16.5 Å². The highest BCUT2D eigenvalue weighted by Crippen LogP contribution is 2.24. The van der Waals surface area contributed by atoms with Crippen molar-refractivity contribution in [3.05, 3.63) is 75.6 Å². The summed E-state index contributed by atoms with van der Waals surface area (Å²) in [6, 6.07) is 13.5. The first kappa shape index (κ1) is 20.9. The molecule has 3 aromatic rings. The Balaban J connectivity index is 1.62. The van der Waals surface area contributed by atoms with E-state index >= 15 is 0 Å². The normalized spacial score (nSPS) is 11.3. The van der Waals surface area contributed by atoms with Crippen LogP contribution in [0.3, 0.4) is 0 Å². The summed E-state index contributed by atoms with van der Waals surface area (Å²) in [5.41, 5.74) is 0.414. The van der Waals surface area contributed by atoms with Crippen molar-refractivity contribution in [1.82, 2.24) is 10.3 Å². The van der Waals surface area contributed by atoms with Crippen molar-refractivity contribution in [2.75, 3.05) is 11.5 Å².